The van der Waals surface area contributed by atoms with E-state index in [4.69, 9.17) is 21.1 Å². The van der Waals surface area contributed by atoms with E-state index in [0.717, 1.165) is 21.5 Å². The van der Waals surface area contributed by atoms with Crippen LogP contribution in [0.2, 0.25) is 5.02 Å². The number of aryl methyl sites for hydroxylation is 1. The summed E-state index contributed by atoms with van der Waals surface area (Å²) in [5.74, 6) is -0.321. The average molecular weight is 379 g/mol. The highest BCUT2D eigenvalue weighted by Gasteiger charge is 2.17. The fourth-order valence-electron chi connectivity index (χ4n) is 2.49. The molecule has 2 heterocycles. The van der Waals surface area contributed by atoms with Crippen molar-refractivity contribution in [3.63, 3.8) is 0 Å². The van der Waals surface area contributed by atoms with E-state index >= 15 is 0 Å². The van der Waals surface area contributed by atoms with Crippen molar-refractivity contribution >= 4 is 39.1 Å². The third-order valence-corrected chi connectivity index (χ3v) is 5.10. The van der Waals surface area contributed by atoms with Crippen molar-refractivity contribution in [1.29, 1.82) is 0 Å². The van der Waals surface area contributed by atoms with Crippen LogP contribution in [0.25, 0.3) is 10.2 Å². The summed E-state index contributed by atoms with van der Waals surface area (Å²) in [6, 6.07) is 9.52. The van der Waals surface area contributed by atoms with Gasteiger partial charge in [0.2, 0.25) is 0 Å². The first-order valence-corrected chi connectivity index (χ1v) is 9.24. The summed E-state index contributed by atoms with van der Waals surface area (Å²) >= 11 is 7.33. The second-order valence-corrected chi connectivity index (χ2v) is 7.00. The molecule has 3 rings (SSSR count). The first kappa shape index (κ1) is 17.9. The maximum absolute atomic E-state index is 12.2. The highest BCUT2D eigenvalue weighted by molar-refractivity contribution is 7.20. The summed E-state index contributed by atoms with van der Waals surface area (Å²) in [4.78, 5) is 13.7. The molecule has 0 unspecified atom stereocenters. The van der Waals surface area contributed by atoms with E-state index in [1.165, 1.54) is 11.3 Å². The van der Waals surface area contributed by atoms with Crippen molar-refractivity contribution in [3.05, 3.63) is 51.5 Å². The molecule has 0 fully saturated rings. The quantitative estimate of drug-likeness (QED) is 0.454. The maximum atomic E-state index is 12.2. The predicted molar refractivity (Wildman–Crippen MR) is 99.7 cm³/mol. The number of carbonyl (C=O) groups excluding carboxylic acids is 1. The van der Waals surface area contributed by atoms with E-state index in [2.05, 4.69) is 5.10 Å². The van der Waals surface area contributed by atoms with Crippen molar-refractivity contribution in [3.8, 4) is 0 Å². The van der Waals surface area contributed by atoms with Gasteiger partial charge in [0.25, 0.3) is 0 Å². The highest BCUT2D eigenvalue weighted by Crippen LogP contribution is 2.29. The minimum Gasteiger partial charge on any atom is -0.459 e. The van der Waals surface area contributed by atoms with Gasteiger partial charge in [0, 0.05) is 17.0 Å². The summed E-state index contributed by atoms with van der Waals surface area (Å²) < 4.78 is 12.3. The lowest BCUT2D eigenvalue weighted by Crippen LogP contribution is -2.09. The van der Waals surface area contributed by atoms with Gasteiger partial charge in [-0.2, -0.15) is 5.10 Å². The van der Waals surface area contributed by atoms with Gasteiger partial charge in [-0.15, -0.1) is 11.3 Å². The fourth-order valence-corrected chi connectivity index (χ4v) is 3.67. The SMILES string of the molecule is CCOCCOC(=O)c1cc2c(C)nn(Cc3ccc(Cl)cc3)c2s1. The van der Waals surface area contributed by atoms with E-state index < -0.39 is 0 Å². The lowest BCUT2D eigenvalue weighted by molar-refractivity contribution is 0.0340. The van der Waals surface area contributed by atoms with Gasteiger partial charge in [-0.25, -0.2) is 4.79 Å². The third kappa shape index (κ3) is 4.21. The van der Waals surface area contributed by atoms with Crippen LogP contribution in [0.15, 0.2) is 30.3 Å². The van der Waals surface area contributed by atoms with Crippen LogP contribution in [0.3, 0.4) is 0 Å². The van der Waals surface area contributed by atoms with Gasteiger partial charge in [-0.1, -0.05) is 23.7 Å². The molecular weight excluding hydrogens is 360 g/mol. The molecule has 2 aromatic heterocycles. The van der Waals surface area contributed by atoms with Crippen LogP contribution in [0.4, 0.5) is 0 Å². The molecule has 0 amide bonds. The van der Waals surface area contributed by atoms with Crippen molar-refractivity contribution in [2.75, 3.05) is 19.8 Å². The number of ether oxygens (including phenoxy) is 2. The Labute approximate surface area is 155 Å². The van der Waals surface area contributed by atoms with E-state index in [0.29, 0.717) is 29.7 Å². The first-order chi connectivity index (χ1) is 12.1. The summed E-state index contributed by atoms with van der Waals surface area (Å²) in [5.41, 5.74) is 2.00. The summed E-state index contributed by atoms with van der Waals surface area (Å²) in [6.07, 6.45) is 0. The van der Waals surface area contributed by atoms with Gasteiger partial charge in [-0.3, -0.25) is 4.68 Å². The summed E-state index contributed by atoms with van der Waals surface area (Å²) in [6.45, 7) is 5.76. The molecule has 132 valence electrons. The Morgan fingerprint density at radius 1 is 1.28 bits per heavy atom. The first-order valence-electron chi connectivity index (χ1n) is 8.04. The molecule has 0 saturated heterocycles. The molecule has 7 heteroatoms. The van der Waals surface area contributed by atoms with Crippen LogP contribution in [0.1, 0.15) is 27.9 Å². The van der Waals surface area contributed by atoms with E-state index in [1.54, 1.807) is 0 Å². The number of aromatic nitrogens is 2. The molecule has 0 radical (unpaired) electrons. The number of nitrogens with zero attached hydrogens (tertiary/aromatic N) is 2. The zero-order chi connectivity index (χ0) is 17.8. The van der Waals surface area contributed by atoms with E-state index in [9.17, 15) is 4.79 Å². The molecule has 5 nitrogen and oxygen atoms in total. The predicted octanol–water partition coefficient (Wildman–Crippen LogP) is 4.30. The fraction of sp³-hybridized carbons (Fsp3) is 0.333. The van der Waals surface area contributed by atoms with Crippen LogP contribution >= 0.6 is 22.9 Å². The Morgan fingerprint density at radius 3 is 2.76 bits per heavy atom. The lowest BCUT2D eigenvalue weighted by Gasteiger charge is -2.04. The number of hydrogen-bond donors (Lipinski definition) is 0. The second-order valence-electron chi connectivity index (χ2n) is 5.53. The topological polar surface area (TPSA) is 53.4 Å². The molecule has 0 aliphatic heterocycles. The van der Waals surface area contributed by atoms with E-state index in [1.807, 2.05) is 48.9 Å². The Kier molecular flexibility index (Phi) is 5.73. The van der Waals surface area contributed by atoms with Crippen LogP contribution in [0.5, 0.6) is 0 Å². The zero-order valence-corrected chi connectivity index (χ0v) is 15.7. The number of halogens is 1. The number of fused-ring (bicyclic) bond motifs is 1. The molecule has 3 aromatic rings. The number of benzene rings is 1. The Bertz CT molecular complexity index is 870. The molecule has 25 heavy (non-hydrogen) atoms. The molecule has 0 spiro atoms. The highest BCUT2D eigenvalue weighted by atomic mass is 35.5. The largest absolute Gasteiger partial charge is 0.459 e. The van der Waals surface area contributed by atoms with Gasteiger partial charge >= 0.3 is 5.97 Å². The van der Waals surface area contributed by atoms with Crippen molar-refractivity contribution in [1.82, 2.24) is 9.78 Å². The van der Waals surface area contributed by atoms with Crippen molar-refractivity contribution in [2.24, 2.45) is 0 Å². The molecule has 0 N–H and O–H groups in total. The Morgan fingerprint density at radius 2 is 2.04 bits per heavy atom. The smallest absolute Gasteiger partial charge is 0.348 e. The molecule has 0 bridgehead atoms. The maximum Gasteiger partial charge on any atom is 0.348 e. The molecule has 0 atom stereocenters. The van der Waals surface area contributed by atoms with Gasteiger partial charge in [0.05, 0.1) is 18.8 Å². The van der Waals surface area contributed by atoms with Crippen molar-refractivity contribution in [2.45, 2.75) is 20.4 Å². The number of carbonyl (C=O) groups is 1. The molecule has 1 aromatic carbocycles. The Balaban J connectivity index is 1.78. The van der Waals surface area contributed by atoms with Crippen LogP contribution in [-0.4, -0.2) is 35.6 Å². The zero-order valence-electron chi connectivity index (χ0n) is 14.1. The molecule has 0 aliphatic rings. The summed E-state index contributed by atoms with van der Waals surface area (Å²) in [5, 5.41) is 6.27. The van der Waals surface area contributed by atoms with Gasteiger partial charge in [0.15, 0.2) is 0 Å². The van der Waals surface area contributed by atoms with Gasteiger partial charge < -0.3 is 9.47 Å². The minimum atomic E-state index is -0.321. The number of esters is 1. The molecule has 0 aliphatic carbocycles. The number of hydrogen-bond acceptors (Lipinski definition) is 5. The molecular formula is C18H19ClN2O3S. The minimum absolute atomic E-state index is 0.261. The molecule has 0 saturated carbocycles. The van der Waals surface area contributed by atoms with E-state index in [-0.39, 0.29) is 12.6 Å². The third-order valence-electron chi connectivity index (χ3n) is 3.72. The average Bonchev–Trinajstić information content (AvgIpc) is 3.15. The van der Waals surface area contributed by atoms with Crippen LogP contribution < -0.4 is 0 Å². The van der Waals surface area contributed by atoms with Crippen LogP contribution in [-0.2, 0) is 16.0 Å². The van der Waals surface area contributed by atoms with Gasteiger partial charge in [0.1, 0.15) is 16.3 Å². The van der Waals surface area contributed by atoms with Crippen molar-refractivity contribution < 1.29 is 14.3 Å². The second kappa shape index (κ2) is 7.99. The summed E-state index contributed by atoms with van der Waals surface area (Å²) in [7, 11) is 0. The van der Waals surface area contributed by atoms with Crippen LogP contribution in [0, 0.1) is 6.92 Å². The Hall–Kier alpha value is -1.89. The number of rotatable bonds is 7. The number of thiophene rings is 1. The lowest BCUT2D eigenvalue weighted by atomic mass is 10.2. The van der Waals surface area contributed by atoms with Gasteiger partial charge in [-0.05, 0) is 37.6 Å². The monoisotopic (exact) mass is 378 g/mol. The normalized spacial score (nSPS) is 11.2. The standard InChI is InChI=1S/C18H19ClN2O3S/c1-3-23-8-9-24-18(22)16-10-15-12(2)20-21(17(15)25-16)11-13-4-6-14(19)7-5-13/h4-7,10H,3,8-9,11H2,1-2H3.